The van der Waals surface area contributed by atoms with E-state index in [1.54, 1.807) is 41.3 Å². The van der Waals surface area contributed by atoms with Crippen LogP contribution in [0.1, 0.15) is 29.5 Å². The number of aliphatic hydroxyl groups excluding tert-OH is 1. The minimum atomic E-state index is -1.75. The number of benzene rings is 2. The molecule has 3 heterocycles. The number of rotatable bonds is 7. The Morgan fingerprint density at radius 1 is 1.09 bits per heavy atom. The highest BCUT2D eigenvalue weighted by Crippen LogP contribution is 2.53. The molecule has 2 aromatic carbocycles. The Labute approximate surface area is 203 Å². The van der Waals surface area contributed by atoms with Gasteiger partial charge in [-0.15, -0.1) is 0 Å². The fourth-order valence-corrected chi connectivity index (χ4v) is 5.25. The van der Waals surface area contributed by atoms with Gasteiger partial charge < -0.3 is 24.2 Å². The van der Waals surface area contributed by atoms with Crippen LogP contribution in [0.3, 0.4) is 0 Å². The number of Topliss-reactive ketones (excluding diaryl/α,β-unsaturated/α-hetero) is 1. The monoisotopic (exact) mass is 473 g/mol. The van der Waals surface area contributed by atoms with E-state index in [1.807, 2.05) is 44.1 Å². The van der Waals surface area contributed by atoms with Crippen LogP contribution in [0.5, 0.6) is 0 Å². The van der Waals surface area contributed by atoms with Crippen LogP contribution in [0.25, 0.3) is 11.0 Å². The van der Waals surface area contributed by atoms with Crippen LogP contribution in [0.15, 0.2) is 70.3 Å². The van der Waals surface area contributed by atoms with Gasteiger partial charge in [0, 0.05) is 24.0 Å². The minimum Gasteiger partial charge on any atom is -0.503 e. The number of likely N-dealkylation sites (N-methyl/N-ethyl adjacent to an activating group) is 1. The Morgan fingerprint density at radius 3 is 2.51 bits per heavy atom. The molecule has 0 fully saturated rings. The highest BCUT2D eigenvalue weighted by molar-refractivity contribution is 6.26. The number of hydrogen-bond acceptors (Lipinski definition) is 6. The normalized spacial score (nSPS) is 19.7. The van der Waals surface area contributed by atoms with Gasteiger partial charge in [0.25, 0.3) is 11.8 Å². The van der Waals surface area contributed by atoms with Gasteiger partial charge in [0.05, 0.1) is 11.3 Å². The number of aliphatic hydroxyl groups is 1. The molecule has 2 aliphatic rings. The molecule has 1 atom stereocenters. The summed E-state index contributed by atoms with van der Waals surface area (Å²) in [4.78, 5) is 46.4. The zero-order valence-corrected chi connectivity index (χ0v) is 19.9. The van der Waals surface area contributed by atoms with Crippen molar-refractivity contribution < 1.29 is 23.9 Å². The first-order valence-corrected chi connectivity index (χ1v) is 11.7. The summed E-state index contributed by atoms with van der Waals surface area (Å²) < 4.78 is 5.80. The number of anilines is 1. The molecule has 1 aromatic heterocycles. The molecule has 8 nitrogen and oxygen atoms in total. The number of ketones is 1. The Hall–Kier alpha value is -3.91. The third-order valence-corrected chi connectivity index (χ3v) is 6.77. The fourth-order valence-electron chi connectivity index (χ4n) is 5.25. The number of hydrogen-bond donors (Lipinski definition) is 1. The largest absolute Gasteiger partial charge is 0.503 e. The van der Waals surface area contributed by atoms with Gasteiger partial charge in [-0.1, -0.05) is 36.4 Å². The Balaban J connectivity index is 1.71. The Kier molecular flexibility index (Phi) is 5.48. The SMILES string of the molecule is CCN1C(=O)[C@@]2(C(C(=O)c3cc4ccccc4o3)=C(O)C(=O)N2CCCN(C)C)c2ccccc21. The first-order chi connectivity index (χ1) is 16.8. The van der Waals surface area contributed by atoms with Crippen molar-refractivity contribution in [1.82, 2.24) is 9.80 Å². The molecule has 180 valence electrons. The average molecular weight is 474 g/mol. The second-order valence-corrected chi connectivity index (χ2v) is 9.09. The van der Waals surface area contributed by atoms with Gasteiger partial charge in [-0.05, 0) is 52.2 Å². The molecular weight excluding hydrogens is 446 g/mol. The molecule has 0 saturated heterocycles. The molecule has 1 spiro atoms. The van der Waals surface area contributed by atoms with Crippen LogP contribution in [0.4, 0.5) is 5.69 Å². The molecule has 0 unspecified atom stereocenters. The summed E-state index contributed by atoms with van der Waals surface area (Å²) in [6, 6.07) is 15.9. The van der Waals surface area contributed by atoms with Crippen molar-refractivity contribution in [2.75, 3.05) is 38.6 Å². The molecule has 8 heteroatoms. The molecule has 2 aliphatic heterocycles. The van der Waals surface area contributed by atoms with E-state index in [2.05, 4.69) is 0 Å². The first-order valence-electron chi connectivity index (χ1n) is 11.7. The summed E-state index contributed by atoms with van der Waals surface area (Å²) in [5.41, 5.74) is -0.371. The molecule has 0 bridgehead atoms. The maximum absolute atomic E-state index is 14.1. The summed E-state index contributed by atoms with van der Waals surface area (Å²) in [6.07, 6.45) is 0.557. The molecule has 3 aromatic rings. The Bertz CT molecular complexity index is 1360. The molecule has 0 radical (unpaired) electrons. The predicted molar refractivity (Wildman–Crippen MR) is 131 cm³/mol. The summed E-state index contributed by atoms with van der Waals surface area (Å²) >= 11 is 0. The third-order valence-electron chi connectivity index (χ3n) is 6.77. The summed E-state index contributed by atoms with van der Waals surface area (Å²) in [7, 11) is 3.84. The van der Waals surface area contributed by atoms with Gasteiger partial charge in [0.1, 0.15) is 5.58 Å². The number of para-hydroxylation sites is 2. The Morgan fingerprint density at radius 2 is 1.80 bits per heavy atom. The van der Waals surface area contributed by atoms with Crippen LogP contribution >= 0.6 is 0 Å². The van der Waals surface area contributed by atoms with Gasteiger partial charge in [-0.2, -0.15) is 0 Å². The van der Waals surface area contributed by atoms with Crippen molar-refractivity contribution in [3.63, 3.8) is 0 Å². The number of furan rings is 1. The number of nitrogens with zero attached hydrogens (tertiary/aromatic N) is 3. The smallest absolute Gasteiger partial charge is 0.290 e. The number of carbonyl (C=O) groups is 3. The summed E-state index contributed by atoms with van der Waals surface area (Å²) in [6.45, 7) is 3.05. The molecular formula is C27H27N3O5. The first kappa shape index (κ1) is 22.9. The maximum Gasteiger partial charge on any atom is 0.290 e. The van der Waals surface area contributed by atoms with Crippen molar-refractivity contribution in [1.29, 1.82) is 0 Å². The van der Waals surface area contributed by atoms with Crippen molar-refractivity contribution in [2.45, 2.75) is 18.9 Å². The van der Waals surface area contributed by atoms with Gasteiger partial charge in [0.2, 0.25) is 5.78 Å². The molecule has 5 rings (SSSR count). The van der Waals surface area contributed by atoms with E-state index in [0.29, 0.717) is 41.7 Å². The van der Waals surface area contributed by atoms with E-state index in [0.717, 1.165) is 0 Å². The van der Waals surface area contributed by atoms with Crippen molar-refractivity contribution in [3.8, 4) is 0 Å². The fraction of sp³-hybridized carbons (Fsp3) is 0.296. The standard InChI is InChI=1S/C27H27N3O5/c1-4-29-19-12-7-6-11-18(19)27(26(29)34)22(24(32)25(33)30(27)15-9-14-28(2)3)23(31)21-16-17-10-5-8-13-20(17)35-21/h5-8,10-13,16,32H,4,9,14-15H2,1-3H3/t27-/m0/s1. The van der Waals surface area contributed by atoms with Crippen molar-refractivity contribution in [2.24, 2.45) is 0 Å². The van der Waals surface area contributed by atoms with Crippen molar-refractivity contribution in [3.05, 3.63) is 77.3 Å². The minimum absolute atomic E-state index is 0.0321. The predicted octanol–water partition coefficient (Wildman–Crippen LogP) is 3.48. The van der Waals surface area contributed by atoms with E-state index in [4.69, 9.17) is 4.42 Å². The zero-order chi connectivity index (χ0) is 24.9. The van der Waals surface area contributed by atoms with Crippen LogP contribution in [-0.2, 0) is 15.1 Å². The van der Waals surface area contributed by atoms with E-state index < -0.39 is 28.9 Å². The maximum atomic E-state index is 14.1. The quantitative estimate of drug-likeness (QED) is 0.528. The number of amides is 2. The third kappa shape index (κ3) is 3.20. The van der Waals surface area contributed by atoms with Gasteiger partial charge >= 0.3 is 0 Å². The second kappa shape index (κ2) is 8.39. The van der Waals surface area contributed by atoms with E-state index >= 15 is 0 Å². The van der Waals surface area contributed by atoms with E-state index in [-0.39, 0.29) is 17.9 Å². The topological polar surface area (TPSA) is 94.3 Å². The zero-order valence-electron chi connectivity index (χ0n) is 19.9. The lowest BCUT2D eigenvalue weighted by molar-refractivity contribution is -0.139. The molecule has 35 heavy (non-hydrogen) atoms. The van der Waals surface area contributed by atoms with Gasteiger partial charge in [0.15, 0.2) is 17.1 Å². The van der Waals surface area contributed by atoms with Gasteiger partial charge in [-0.3, -0.25) is 14.4 Å². The molecule has 0 aliphatic carbocycles. The molecule has 0 saturated carbocycles. The highest BCUT2D eigenvalue weighted by atomic mass is 16.3. The molecule has 1 N–H and O–H groups in total. The highest BCUT2D eigenvalue weighted by Gasteiger charge is 2.65. The van der Waals surface area contributed by atoms with Crippen LogP contribution in [-0.4, -0.2) is 66.2 Å². The lowest BCUT2D eigenvalue weighted by Crippen LogP contribution is -2.54. The van der Waals surface area contributed by atoms with E-state index in [1.165, 1.54) is 4.90 Å². The summed E-state index contributed by atoms with van der Waals surface area (Å²) in [5.74, 6) is -2.58. The average Bonchev–Trinajstić information content (AvgIpc) is 3.45. The van der Waals surface area contributed by atoms with Crippen LogP contribution in [0.2, 0.25) is 0 Å². The number of carbonyl (C=O) groups excluding carboxylic acids is 3. The van der Waals surface area contributed by atoms with Gasteiger partial charge in [-0.25, -0.2) is 0 Å². The van der Waals surface area contributed by atoms with Crippen molar-refractivity contribution >= 4 is 34.3 Å². The second-order valence-electron chi connectivity index (χ2n) is 9.09. The number of fused-ring (bicyclic) bond motifs is 3. The lowest BCUT2D eigenvalue weighted by atomic mass is 9.81. The molecule has 2 amide bonds. The summed E-state index contributed by atoms with van der Waals surface area (Å²) in [5, 5.41) is 11.8. The van der Waals surface area contributed by atoms with Crippen LogP contribution < -0.4 is 4.90 Å². The van der Waals surface area contributed by atoms with Crippen LogP contribution in [0, 0.1) is 0 Å². The van der Waals surface area contributed by atoms with E-state index in [9.17, 15) is 19.5 Å². The lowest BCUT2D eigenvalue weighted by Gasteiger charge is -2.35.